The maximum Gasteiger partial charge on any atom is 0.309 e. The average Bonchev–Trinajstić information content (AvgIpc) is 3.31. The van der Waals surface area contributed by atoms with Crippen LogP contribution in [0.15, 0.2) is 41.1 Å². The molecule has 2 amide bonds. The van der Waals surface area contributed by atoms with Crippen molar-refractivity contribution in [1.29, 1.82) is 0 Å². The fraction of sp³-hybridized carbons (Fsp3) is 0.400. The molecule has 1 atom stereocenters. The van der Waals surface area contributed by atoms with Gasteiger partial charge in [0, 0.05) is 25.7 Å². The molecule has 0 saturated heterocycles. The zero-order valence-corrected chi connectivity index (χ0v) is 15.4. The molecule has 0 bridgehead atoms. The van der Waals surface area contributed by atoms with Gasteiger partial charge in [0.25, 0.3) is 0 Å². The first kappa shape index (κ1) is 17.2. The number of hydrogen-bond donors (Lipinski definition) is 2. The lowest BCUT2D eigenvalue weighted by molar-refractivity contribution is -0.139. The Morgan fingerprint density at radius 2 is 1.96 bits per heavy atom. The summed E-state index contributed by atoms with van der Waals surface area (Å²) in [6, 6.07) is 10.9. The summed E-state index contributed by atoms with van der Waals surface area (Å²) >= 11 is 1.66. The second-order valence-electron chi connectivity index (χ2n) is 7.02. The van der Waals surface area contributed by atoms with Crippen LogP contribution in [0, 0.1) is 0 Å². The molecule has 1 saturated carbocycles. The van der Waals surface area contributed by atoms with Crippen molar-refractivity contribution in [2.75, 3.05) is 13.1 Å². The van der Waals surface area contributed by atoms with Gasteiger partial charge in [-0.1, -0.05) is 24.3 Å². The molecule has 2 aliphatic rings. The lowest BCUT2D eigenvalue weighted by Gasteiger charge is -2.35. The Morgan fingerprint density at radius 3 is 2.69 bits per heavy atom. The molecule has 2 aromatic rings. The van der Waals surface area contributed by atoms with Crippen LogP contribution in [0.25, 0.3) is 0 Å². The SMILES string of the molecule is O=C(NCC(c1ccsc1)N1CCc2ccccc2C1)C(=O)NC1CC1. The van der Waals surface area contributed by atoms with Gasteiger partial charge in [0.2, 0.25) is 0 Å². The monoisotopic (exact) mass is 369 g/mol. The molecule has 2 N–H and O–H groups in total. The highest BCUT2D eigenvalue weighted by molar-refractivity contribution is 7.08. The first-order chi connectivity index (χ1) is 12.7. The van der Waals surface area contributed by atoms with Crippen molar-refractivity contribution >= 4 is 23.2 Å². The predicted molar refractivity (Wildman–Crippen MR) is 102 cm³/mol. The van der Waals surface area contributed by atoms with E-state index in [9.17, 15) is 9.59 Å². The number of fused-ring (bicyclic) bond motifs is 1. The summed E-state index contributed by atoms with van der Waals surface area (Å²) < 4.78 is 0. The Hall–Kier alpha value is -2.18. The van der Waals surface area contributed by atoms with Gasteiger partial charge in [-0.2, -0.15) is 11.3 Å². The summed E-state index contributed by atoms with van der Waals surface area (Å²) in [7, 11) is 0. The topological polar surface area (TPSA) is 61.4 Å². The number of amides is 2. The van der Waals surface area contributed by atoms with Crippen LogP contribution in [0.1, 0.15) is 35.6 Å². The second-order valence-corrected chi connectivity index (χ2v) is 7.80. The van der Waals surface area contributed by atoms with E-state index in [0.29, 0.717) is 6.54 Å². The molecule has 1 unspecified atom stereocenters. The van der Waals surface area contributed by atoms with Crippen LogP contribution in [-0.4, -0.2) is 35.8 Å². The number of rotatable bonds is 5. The Morgan fingerprint density at radius 1 is 1.15 bits per heavy atom. The number of nitrogens with one attached hydrogen (secondary N) is 2. The molecule has 1 fully saturated rings. The minimum absolute atomic E-state index is 0.0762. The summed E-state index contributed by atoms with van der Waals surface area (Å²) in [6.07, 6.45) is 2.96. The first-order valence-corrected chi connectivity index (χ1v) is 10.1. The molecular weight excluding hydrogens is 346 g/mol. The molecule has 26 heavy (non-hydrogen) atoms. The molecule has 4 rings (SSSR count). The highest BCUT2D eigenvalue weighted by Crippen LogP contribution is 2.28. The standard InChI is InChI=1S/C20H23N3O2S/c24-19(20(25)22-17-5-6-17)21-11-18(16-8-10-26-13-16)23-9-7-14-3-1-2-4-15(14)12-23/h1-4,8,10,13,17-18H,5-7,9,11-12H2,(H,21,24)(H,22,25). The van der Waals surface area contributed by atoms with E-state index in [4.69, 9.17) is 0 Å². The Labute approximate surface area is 157 Å². The summed E-state index contributed by atoms with van der Waals surface area (Å²) in [5, 5.41) is 9.76. The average molecular weight is 369 g/mol. The molecule has 5 nitrogen and oxygen atoms in total. The lowest BCUT2D eigenvalue weighted by Crippen LogP contribution is -2.45. The van der Waals surface area contributed by atoms with E-state index in [1.807, 2.05) is 0 Å². The number of benzene rings is 1. The van der Waals surface area contributed by atoms with E-state index >= 15 is 0 Å². The van der Waals surface area contributed by atoms with Crippen LogP contribution in [0.5, 0.6) is 0 Å². The van der Waals surface area contributed by atoms with Crippen molar-refractivity contribution in [2.24, 2.45) is 0 Å². The zero-order chi connectivity index (χ0) is 17.9. The van der Waals surface area contributed by atoms with E-state index in [1.54, 1.807) is 11.3 Å². The normalized spacial score (nSPS) is 18.0. The van der Waals surface area contributed by atoms with Crippen molar-refractivity contribution < 1.29 is 9.59 Å². The molecule has 1 aromatic carbocycles. The number of nitrogens with zero attached hydrogens (tertiary/aromatic N) is 1. The van der Waals surface area contributed by atoms with Crippen molar-refractivity contribution in [2.45, 2.75) is 37.9 Å². The number of carbonyl (C=O) groups is 2. The van der Waals surface area contributed by atoms with Gasteiger partial charge < -0.3 is 10.6 Å². The van der Waals surface area contributed by atoms with E-state index in [-0.39, 0.29) is 12.1 Å². The van der Waals surface area contributed by atoms with Crippen LogP contribution >= 0.6 is 11.3 Å². The largest absolute Gasteiger partial charge is 0.346 e. The number of carbonyl (C=O) groups excluding carboxylic acids is 2. The zero-order valence-electron chi connectivity index (χ0n) is 14.6. The van der Waals surface area contributed by atoms with E-state index in [2.05, 4.69) is 56.6 Å². The Balaban J connectivity index is 1.43. The molecule has 0 spiro atoms. The maximum atomic E-state index is 12.1. The third kappa shape index (κ3) is 3.97. The van der Waals surface area contributed by atoms with Crippen molar-refractivity contribution in [3.05, 3.63) is 57.8 Å². The van der Waals surface area contributed by atoms with Crippen LogP contribution in [0.2, 0.25) is 0 Å². The highest BCUT2D eigenvalue weighted by atomic mass is 32.1. The molecule has 2 heterocycles. The third-order valence-electron chi connectivity index (χ3n) is 5.10. The second kappa shape index (κ2) is 7.60. The fourth-order valence-electron chi connectivity index (χ4n) is 3.45. The lowest BCUT2D eigenvalue weighted by atomic mass is 9.97. The number of thiophene rings is 1. The minimum atomic E-state index is -0.533. The van der Waals surface area contributed by atoms with Gasteiger partial charge in [-0.3, -0.25) is 14.5 Å². The van der Waals surface area contributed by atoms with Gasteiger partial charge in [-0.15, -0.1) is 0 Å². The van der Waals surface area contributed by atoms with E-state index < -0.39 is 11.8 Å². The van der Waals surface area contributed by atoms with Crippen molar-refractivity contribution in [1.82, 2.24) is 15.5 Å². The van der Waals surface area contributed by atoms with Crippen molar-refractivity contribution in [3.63, 3.8) is 0 Å². The summed E-state index contributed by atoms with van der Waals surface area (Å²) in [5.74, 6) is -1.05. The molecule has 6 heteroatoms. The first-order valence-electron chi connectivity index (χ1n) is 9.12. The van der Waals surface area contributed by atoms with Gasteiger partial charge >= 0.3 is 11.8 Å². The van der Waals surface area contributed by atoms with Gasteiger partial charge in [-0.05, 0) is 52.8 Å². The Kier molecular flexibility index (Phi) is 5.04. The van der Waals surface area contributed by atoms with Crippen LogP contribution in [-0.2, 0) is 22.6 Å². The predicted octanol–water partition coefficient (Wildman–Crippen LogP) is 2.24. The molecule has 136 valence electrons. The molecule has 1 aromatic heterocycles. The third-order valence-corrected chi connectivity index (χ3v) is 5.81. The number of hydrogen-bond acceptors (Lipinski definition) is 4. The highest BCUT2D eigenvalue weighted by Gasteiger charge is 2.28. The summed E-state index contributed by atoms with van der Waals surface area (Å²) in [4.78, 5) is 26.4. The minimum Gasteiger partial charge on any atom is -0.346 e. The molecule has 0 radical (unpaired) electrons. The molecule has 1 aliphatic heterocycles. The maximum absolute atomic E-state index is 12.1. The van der Waals surface area contributed by atoms with Gasteiger partial charge in [-0.25, -0.2) is 0 Å². The summed E-state index contributed by atoms with van der Waals surface area (Å²) in [5.41, 5.74) is 3.94. The quantitative estimate of drug-likeness (QED) is 0.795. The molecule has 1 aliphatic carbocycles. The van der Waals surface area contributed by atoms with Gasteiger partial charge in [0.15, 0.2) is 0 Å². The van der Waals surface area contributed by atoms with Crippen molar-refractivity contribution in [3.8, 4) is 0 Å². The van der Waals surface area contributed by atoms with Crippen LogP contribution in [0.3, 0.4) is 0 Å². The summed E-state index contributed by atoms with van der Waals surface area (Å²) in [6.45, 7) is 2.25. The van der Waals surface area contributed by atoms with Gasteiger partial charge in [0.05, 0.1) is 6.04 Å². The fourth-order valence-corrected chi connectivity index (χ4v) is 4.16. The van der Waals surface area contributed by atoms with Gasteiger partial charge in [0.1, 0.15) is 0 Å². The Bertz CT molecular complexity index is 786. The van der Waals surface area contributed by atoms with Crippen LogP contribution in [0.4, 0.5) is 0 Å². The van der Waals surface area contributed by atoms with E-state index in [1.165, 1.54) is 16.7 Å². The van der Waals surface area contributed by atoms with Crippen LogP contribution < -0.4 is 10.6 Å². The smallest absolute Gasteiger partial charge is 0.309 e. The molecular formula is C20H23N3O2S. The van der Waals surface area contributed by atoms with E-state index in [0.717, 1.165) is 32.4 Å².